The predicted octanol–water partition coefficient (Wildman–Crippen LogP) is 0.320. The largest absolute Gasteiger partial charge is 0.377 e. The second-order valence-electron chi connectivity index (χ2n) is 5.81. The number of ether oxygens (including phenoxy) is 1. The first-order valence-electron chi connectivity index (χ1n) is 7.53. The third-order valence-electron chi connectivity index (χ3n) is 4.23. The van der Waals surface area contributed by atoms with Crippen LogP contribution in [0.5, 0.6) is 0 Å². The minimum absolute atomic E-state index is 0.317. The average molecular weight is 288 g/mol. The molecule has 2 aromatic heterocycles. The van der Waals surface area contributed by atoms with Gasteiger partial charge in [-0.05, 0) is 12.8 Å². The Morgan fingerprint density at radius 3 is 3.14 bits per heavy atom. The standard InChI is InChI=1S/C14H20N6O/c1-19-13-12(7-18-19)14(17-9-16-13)20-4-5-21-8-11(20)6-15-10-2-3-10/h7,9-11,15H,2-6,8H2,1H3. The Hall–Kier alpha value is -1.73. The molecule has 1 aliphatic carbocycles. The van der Waals surface area contributed by atoms with Gasteiger partial charge in [0.05, 0.1) is 30.8 Å². The number of hydrogen-bond acceptors (Lipinski definition) is 6. The molecular weight excluding hydrogens is 268 g/mol. The van der Waals surface area contributed by atoms with E-state index in [2.05, 4.69) is 25.3 Å². The summed E-state index contributed by atoms with van der Waals surface area (Å²) in [5.41, 5.74) is 0.875. The molecule has 4 rings (SSSR count). The highest BCUT2D eigenvalue weighted by Gasteiger charge is 2.29. The summed E-state index contributed by atoms with van der Waals surface area (Å²) < 4.78 is 7.45. The van der Waals surface area contributed by atoms with Crippen LogP contribution in [0, 0.1) is 0 Å². The quantitative estimate of drug-likeness (QED) is 0.874. The number of hydrogen-bond donors (Lipinski definition) is 1. The summed E-state index contributed by atoms with van der Waals surface area (Å²) in [6.45, 7) is 3.28. The van der Waals surface area contributed by atoms with Crippen molar-refractivity contribution in [3.05, 3.63) is 12.5 Å². The number of aryl methyl sites for hydroxylation is 1. The van der Waals surface area contributed by atoms with Crippen LogP contribution in [0.1, 0.15) is 12.8 Å². The van der Waals surface area contributed by atoms with Crippen molar-refractivity contribution in [1.29, 1.82) is 0 Å². The van der Waals surface area contributed by atoms with Gasteiger partial charge in [-0.15, -0.1) is 0 Å². The van der Waals surface area contributed by atoms with Crippen molar-refractivity contribution in [1.82, 2.24) is 25.1 Å². The van der Waals surface area contributed by atoms with Gasteiger partial charge in [-0.2, -0.15) is 5.10 Å². The fourth-order valence-electron chi connectivity index (χ4n) is 2.87. The maximum absolute atomic E-state index is 5.66. The molecule has 1 N–H and O–H groups in total. The van der Waals surface area contributed by atoms with E-state index in [1.54, 1.807) is 11.0 Å². The molecule has 2 fully saturated rings. The second kappa shape index (κ2) is 5.23. The van der Waals surface area contributed by atoms with Crippen molar-refractivity contribution in [3.63, 3.8) is 0 Å². The molecule has 0 spiro atoms. The van der Waals surface area contributed by atoms with Gasteiger partial charge in [-0.1, -0.05) is 0 Å². The molecule has 1 unspecified atom stereocenters. The summed E-state index contributed by atoms with van der Waals surface area (Å²) in [6.07, 6.45) is 6.08. The van der Waals surface area contributed by atoms with Crippen LogP contribution in [0.2, 0.25) is 0 Å². The zero-order valence-electron chi connectivity index (χ0n) is 12.2. The number of aromatic nitrogens is 4. The predicted molar refractivity (Wildman–Crippen MR) is 79.3 cm³/mol. The van der Waals surface area contributed by atoms with Crippen LogP contribution in [-0.4, -0.2) is 58.1 Å². The molecule has 1 atom stereocenters. The smallest absolute Gasteiger partial charge is 0.163 e. The summed E-state index contributed by atoms with van der Waals surface area (Å²) in [5, 5.41) is 8.91. The number of nitrogens with zero attached hydrogens (tertiary/aromatic N) is 5. The monoisotopic (exact) mass is 288 g/mol. The lowest BCUT2D eigenvalue weighted by Crippen LogP contribution is -2.51. The van der Waals surface area contributed by atoms with E-state index in [1.807, 2.05) is 13.2 Å². The molecule has 0 bridgehead atoms. The molecule has 0 aromatic carbocycles. The van der Waals surface area contributed by atoms with Crippen molar-refractivity contribution < 1.29 is 4.74 Å². The SMILES string of the molecule is Cn1ncc2c(N3CCOCC3CNC3CC3)ncnc21. The molecule has 1 saturated heterocycles. The lowest BCUT2D eigenvalue weighted by atomic mass is 10.2. The number of nitrogens with one attached hydrogen (secondary N) is 1. The Morgan fingerprint density at radius 1 is 1.38 bits per heavy atom. The maximum Gasteiger partial charge on any atom is 0.163 e. The van der Waals surface area contributed by atoms with Crippen molar-refractivity contribution in [2.24, 2.45) is 7.05 Å². The van der Waals surface area contributed by atoms with E-state index in [1.165, 1.54) is 12.8 Å². The lowest BCUT2D eigenvalue weighted by Gasteiger charge is -2.36. The van der Waals surface area contributed by atoms with Crippen molar-refractivity contribution in [2.75, 3.05) is 31.2 Å². The number of anilines is 1. The molecular formula is C14H20N6O. The van der Waals surface area contributed by atoms with Crippen molar-refractivity contribution in [3.8, 4) is 0 Å². The second-order valence-corrected chi connectivity index (χ2v) is 5.81. The molecule has 0 radical (unpaired) electrons. The number of morpholine rings is 1. The van der Waals surface area contributed by atoms with Crippen molar-refractivity contribution >= 4 is 16.9 Å². The van der Waals surface area contributed by atoms with Gasteiger partial charge in [-0.3, -0.25) is 4.68 Å². The summed E-state index contributed by atoms with van der Waals surface area (Å²) >= 11 is 0. The van der Waals surface area contributed by atoms with E-state index in [0.29, 0.717) is 12.1 Å². The Balaban J connectivity index is 1.63. The topological polar surface area (TPSA) is 68.1 Å². The summed E-state index contributed by atoms with van der Waals surface area (Å²) in [6, 6.07) is 1.02. The van der Waals surface area contributed by atoms with Crippen LogP contribution in [0.25, 0.3) is 11.0 Å². The van der Waals surface area contributed by atoms with Crippen molar-refractivity contribution in [2.45, 2.75) is 24.9 Å². The van der Waals surface area contributed by atoms with Gasteiger partial charge in [0.25, 0.3) is 0 Å². The Labute approximate surface area is 123 Å². The molecule has 1 aliphatic heterocycles. The molecule has 2 aromatic rings. The van der Waals surface area contributed by atoms with Crippen LogP contribution < -0.4 is 10.2 Å². The molecule has 1 saturated carbocycles. The third kappa shape index (κ3) is 2.47. The van der Waals surface area contributed by atoms with Gasteiger partial charge in [0.1, 0.15) is 12.1 Å². The summed E-state index contributed by atoms with van der Waals surface area (Å²) in [5.74, 6) is 0.971. The van der Waals surface area contributed by atoms with Gasteiger partial charge in [0.2, 0.25) is 0 Å². The molecule has 112 valence electrons. The molecule has 0 amide bonds. The van der Waals surface area contributed by atoms with E-state index >= 15 is 0 Å². The van der Waals surface area contributed by atoms with Crippen LogP contribution in [-0.2, 0) is 11.8 Å². The first kappa shape index (κ1) is 13.0. The number of fused-ring (bicyclic) bond motifs is 1. The molecule has 2 aliphatic rings. The van der Waals surface area contributed by atoms with Crippen LogP contribution in [0.4, 0.5) is 5.82 Å². The minimum Gasteiger partial charge on any atom is -0.377 e. The van der Waals surface area contributed by atoms with E-state index in [0.717, 1.165) is 43.2 Å². The first-order valence-corrected chi connectivity index (χ1v) is 7.53. The lowest BCUT2D eigenvalue weighted by molar-refractivity contribution is 0.0934. The minimum atomic E-state index is 0.317. The molecule has 7 heteroatoms. The fourth-order valence-corrected chi connectivity index (χ4v) is 2.87. The Bertz CT molecular complexity index is 637. The van der Waals surface area contributed by atoms with Gasteiger partial charge in [0, 0.05) is 26.2 Å². The van der Waals surface area contributed by atoms with Crippen LogP contribution in [0.15, 0.2) is 12.5 Å². The van der Waals surface area contributed by atoms with E-state index in [-0.39, 0.29) is 0 Å². The van der Waals surface area contributed by atoms with E-state index in [4.69, 9.17) is 4.74 Å². The normalized spacial score (nSPS) is 22.9. The highest BCUT2D eigenvalue weighted by atomic mass is 16.5. The molecule has 7 nitrogen and oxygen atoms in total. The first-order chi connectivity index (χ1) is 10.3. The summed E-state index contributed by atoms with van der Waals surface area (Å²) in [4.78, 5) is 11.2. The Morgan fingerprint density at radius 2 is 2.29 bits per heavy atom. The molecule has 3 heterocycles. The van der Waals surface area contributed by atoms with Gasteiger partial charge < -0.3 is 15.0 Å². The Kier molecular flexibility index (Phi) is 3.23. The van der Waals surface area contributed by atoms with Crippen LogP contribution >= 0.6 is 0 Å². The zero-order valence-corrected chi connectivity index (χ0v) is 12.2. The highest BCUT2D eigenvalue weighted by molar-refractivity contribution is 5.86. The van der Waals surface area contributed by atoms with Gasteiger partial charge >= 0.3 is 0 Å². The summed E-state index contributed by atoms with van der Waals surface area (Å²) in [7, 11) is 1.91. The number of rotatable bonds is 4. The maximum atomic E-state index is 5.66. The highest BCUT2D eigenvalue weighted by Crippen LogP contribution is 2.26. The van der Waals surface area contributed by atoms with Gasteiger partial charge in [-0.25, -0.2) is 9.97 Å². The average Bonchev–Trinajstić information content (AvgIpc) is 3.28. The van der Waals surface area contributed by atoms with E-state index < -0.39 is 0 Å². The van der Waals surface area contributed by atoms with Gasteiger partial charge in [0.15, 0.2) is 5.65 Å². The fraction of sp³-hybridized carbons (Fsp3) is 0.643. The van der Waals surface area contributed by atoms with Crippen LogP contribution in [0.3, 0.4) is 0 Å². The van der Waals surface area contributed by atoms with E-state index in [9.17, 15) is 0 Å². The zero-order chi connectivity index (χ0) is 14.2. The third-order valence-corrected chi connectivity index (χ3v) is 4.23. The molecule has 21 heavy (non-hydrogen) atoms.